The van der Waals surface area contributed by atoms with Gasteiger partial charge in [0.15, 0.2) is 0 Å². The number of thioether (sulfide) groups is 1. The lowest BCUT2D eigenvalue weighted by Crippen LogP contribution is -2.56. The van der Waals surface area contributed by atoms with E-state index in [-0.39, 0.29) is 23.1 Å². The molecule has 3 aliphatic rings. The molecule has 1 saturated heterocycles. The van der Waals surface area contributed by atoms with Crippen LogP contribution in [-0.4, -0.2) is 23.1 Å². The minimum atomic E-state index is -1.12. The van der Waals surface area contributed by atoms with Crippen LogP contribution >= 0.6 is 35.0 Å². The van der Waals surface area contributed by atoms with Crippen LogP contribution in [0.3, 0.4) is 0 Å². The Morgan fingerprint density at radius 1 is 1.07 bits per heavy atom. The van der Waals surface area contributed by atoms with Crippen LogP contribution in [0.15, 0.2) is 30.3 Å². The molecule has 3 aliphatic heterocycles. The van der Waals surface area contributed by atoms with Crippen LogP contribution in [-0.2, 0) is 14.5 Å². The second kappa shape index (κ2) is 6.41. The number of halogens is 2. The van der Waals surface area contributed by atoms with Gasteiger partial charge in [0, 0.05) is 16.8 Å². The maximum Gasteiger partial charge on any atom is 0.269 e. The Balaban J connectivity index is 1.81. The lowest BCUT2D eigenvalue weighted by atomic mass is 9.80. The molecule has 2 atom stereocenters. The molecule has 0 aromatic heterocycles. The van der Waals surface area contributed by atoms with Crippen molar-refractivity contribution in [1.82, 2.24) is 0 Å². The predicted octanol–water partition coefficient (Wildman–Crippen LogP) is 5.87. The van der Waals surface area contributed by atoms with Gasteiger partial charge >= 0.3 is 0 Å². The summed E-state index contributed by atoms with van der Waals surface area (Å²) in [4.78, 5) is 29.8. The number of benzene rings is 2. The molecule has 3 heterocycles. The van der Waals surface area contributed by atoms with E-state index in [0.29, 0.717) is 21.7 Å². The van der Waals surface area contributed by atoms with Crippen molar-refractivity contribution in [2.45, 2.75) is 50.4 Å². The molecule has 0 radical (unpaired) electrons. The standard InChI is InChI=1S/C23H22Cl2N2O2S/c1-12-7-15-13(2)10-22(3,4)27-20(15)16(8-12)23(21(27)29)26(19(28)11-30-23)14-5-6-17(24)18(25)9-14/h5-9,13H,10-11H2,1-4H3/t13-,23+/m0/s1. The van der Waals surface area contributed by atoms with Gasteiger partial charge in [-0.25, -0.2) is 0 Å². The molecule has 30 heavy (non-hydrogen) atoms. The Morgan fingerprint density at radius 3 is 2.50 bits per heavy atom. The number of rotatable bonds is 1. The maximum atomic E-state index is 14.2. The highest BCUT2D eigenvalue weighted by Gasteiger charge is 2.64. The predicted molar refractivity (Wildman–Crippen MR) is 124 cm³/mol. The fraction of sp³-hybridized carbons (Fsp3) is 0.391. The van der Waals surface area contributed by atoms with Crippen molar-refractivity contribution in [2.24, 2.45) is 0 Å². The van der Waals surface area contributed by atoms with E-state index < -0.39 is 4.87 Å². The molecular weight excluding hydrogens is 439 g/mol. The highest BCUT2D eigenvalue weighted by Crippen LogP contribution is 2.61. The van der Waals surface area contributed by atoms with Gasteiger partial charge in [-0.3, -0.25) is 14.5 Å². The molecule has 2 aromatic rings. The number of hydrogen-bond donors (Lipinski definition) is 0. The van der Waals surface area contributed by atoms with E-state index in [1.165, 1.54) is 17.3 Å². The number of aryl methyl sites for hydroxylation is 1. The first-order valence-corrected chi connectivity index (χ1v) is 11.7. The van der Waals surface area contributed by atoms with E-state index in [1.54, 1.807) is 23.1 Å². The second-order valence-electron chi connectivity index (χ2n) is 9.07. The summed E-state index contributed by atoms with van der Waals surface area (Å²) in [5.41, 5.74) is 4.41. The molecule has 7 heteroatoms. The maximum absolute atomic E-state index is 14.2. The summed E-state index contributed by atoms with van der Waals surface area (Å²) < 4.78 is 0. The Hall–Kier alpha value is -1.69. The van der Waals surface area contributed by atoms with Crippen LogP contribution in [0.25, 0.3) is 0 Å². The fourth-order valence-electron chi connectivity index (χ4n) is 5.36. The van der Waals surface area contributed by atoms with Crippen LogP contribution in [0, 0.1) is 6.92 Å². The lowest BCUT2D eigenvalue weighted by molar-refractivity contribution is -0.124. The number of carbonyl (C=O) groups excluding carboxylic acids is 2. The molecule has 0 unspecified atom stereocenters. The molecule has 4 nitrogen and oxygen atoms in total. The minimum Gasteiger partial charge on any atom is -0.303 e. The summed E-state index contributed by atoms with van der Waals surface area (Å²) in [6.45, 7) is 8.48. The Labute approximate surface area is 190 Å². The smallest absolute Gasteiger partial charge is 0.269 e. The zero-order valence-corrected chi connectivity index (χ0v) is 19.6. The first-order chi connectivity index (χ1) is 14.1. The Kier molecular flexibility index (Phi) is 4.32. The Bertz CT molecular complexity index is 1130. The van der Waals surface area contributed by atoms with Gasteiger partial charge in [0.25, 0.3) is 5.91 Å². The zero-order valence-electron chi connectivity index (χ0n) is 17.3. The number of nitrogens with zero attached hydrogens (tertiary/aromatic N) is 2. The first-order valence-electron chi connectivity index (χ1n) is 9.99. The molecule has 5 rings (SSSR count). The SMILES string of the molecule is Cc1cc2c3c(c1)[C@@]1(SCC(=O)N1c1ccc(Cl)c(Cl)c1)C(=O)N3C(C)(C)C[C@@H]2C. The van der Waals surface area contributed by atoms with Crippen LogP contribution in [0.2, 0.25) is 10.0 Å². The van der Waals surface area contributed by atoms with Gasteiger partial charge in [-0.15, -0.1) is 11.8 Å². The molecule has 2 aromatic carbocycles. The number of amides is 2. The quantitative estimate of drug-likeness (QED) is 0.534. The molecule has 2 amide bonds. The molecular formula is C23H22Cl2N2O2S. The third-order valence-corrected chi connectivity index (χ3v) is 8.56. The third kappa shape index (κ3) is 2.49. The van der Waals surface area contributed by atoms with Crippen molar-refractivity contribution in [2.75, 3.05) is 15.6 Å². The lowest BCUT2D eigenvalue weighted by Gasteiger charge is -2.44. The molecule has 1 fully saturated rings. The van der Waals surface area contributed by atoms with E-state index in [1.807, 2.05) is 4.90 Å². The summed E-state index contributed by atoms with van der Waals surface area (Å²) in [5, 5.41) is 0.777. The van der Waals surface area contributed by atoms with E-state index in [4.69, 9.17) is 23.2 Å². The molecule has 1 spiro atoms. The number of anilines is 2. The van der Waals surface area contributed by atoms with Crippen molar-refractivity contribution in [3.63, 3.8) is 0 Å². The van der Waals surface area contributed by atoms with Gasteiger partial charge in [0.2, 0.25) is 10.8 Å². The number of fused-ring (bicyclic) bond motifs is 1. The molecule has 0 N–H and O–H groups in total. The van der Waals surface area contributed by atoms with Crippen molar-refractivity contribution in [1.29, 1.82) is 0 Å². The normalized spacial score (nSPS) is 26.7. The van der Waals surface area contributed by atoms with E-state index >= 15 is 0 Å². The van der Waals surface area contributed by atoms with Gasteiger partial charge in [0.1, 0.15) is 0 Å². The molecule has 156 valence electrons. The van der Waals surface area contributed by atoms with E-state index in [2.05, 4.69) is 39.8 Å². The summed E-state index contributed by atoms with van der Waals surface area (Å²) in [6, 6.07) is 9.37. The van der Waals surface area contributed by atoms with Gasteiger partial charge in [-0.2, -0.15) is 0 Å². The van der Waals surface area contributed by atoms with Gasteiger partial charge in [0.05, 0.1) is 21.5 Å². The van der Waals surface area contributed by atoms with E-state index in [0.717, 1.165) is 23.2 Å². The van der Waals surface area contributed by atoms with Gasteiger partial charge in [-0.05, 0) is 56.9 Å². The van der Waals surface area contributed by atoms with Crippen LogP contribution in [0.4, 0.5) is 11.4 Å². The highest BCUT2D eigenvalue weighted by molar-refractivity contribution is 8.02. The largest absolute Gasteiger partial charge is 0.303 e. The van der Waals surface area contributed by atoms with Crippen LogP contribution in [0.5, 0.6) is 0 Å². The van der Waals surface area contributed by atoms with Gasteiger partial charge in [-0.1, -0.05) is 47.8 Å². The van der Waals surface area contributed by atoms with Crippen LogP contribution in [0.1, 0.15) is 49.8 Å². The van der Waals surface area contributed by atoms with E-state index in [9.17, 15) is 9.59 Å². The zero-order chi connectivity index (χ0) is 21.6. The summed E-state index contributed by atoms with van der Waals surface area (Å²) in [5.74, 6) is 0.405. The fourth-order valence-corrected chi connectivity index (χ4v) is 6.98. The minimum absolute atomic E-state index is 0.0526. The third-order valence-electron chi connectivity index (χ3n) is 6.44. The summed E-state index contributed by atoms with van der Waals surface area (Å²) in [6.07, 6.45) is 0.871. The average Bonchev–Trinajstić information content (AvgIpc) is 3.13. The summed E-state index contributed by atoms with van der Waals surface area (Å²) >= 11 is 13.8. The topological polar surface area (TPSA) is 40.6 Å². The number of carbonyl (C=O) groups is 2. The van der Waals surface area contributed by atoms with Crippen LogP contribution < -0.4 is 9.80 Å². The van der Waals surface area contributed by atoms with Crippen molar-refractivity contribution >= 4 is 58.2 Å². The monoisotopic (exact) mass is 460 g/mol. The second-order valence-corrected chi connectivity index (χ2v) is 11.1. The molecule has 0 bridgehead atoms. The summed E-state index contributed by atoms with van der Waals surface area (Å²) in [7, 11) is 0. The van der Waals surface area contributed by atoms with Crippen molar-refractivity contribution < 1.29 is 9.59 Å². The highest BCUT2D eigenvalue weighted by atomic mass is 35.5. The average molecular weight is 461 g/mol. The van der Waals surface area contributed by atoms with Crippen molar-refractivity contribution in [3.05, 3.63) is 57.1 Å². The Morgan fingerprint density at radius 2 is 1.80 bits per heavy atom. The molecule has 0 aliphatic carbocycles. The first kappa shape index (κ1) is 20.2. The van der Waals surface area contributed by atoms with Crippen molar-refractivity contribution in [3.8, 4) is 0 Å². The number of hydrogen-bond acceptors (Lipinski definition) is 3. The van der Waals surface area contributed by atoms with Gasteiger partial charge < -0.3 is 4.90 Å². The molecule has 0 saturated carbocycles.